The van der Waals surface area contributed by atoms with Crippen LogP contribution in [0.2, 0.25) is 5.02 Å². The van der Waals surface area contributed by atoms with E-state index in [1.54, 1.807) is 4.90 Å². The highest BCUT2D eigenvalue weighted by Gasteiger charge is 2.55. The second kappa shape index (κ2) is 7.84. The van der Waals surface area contributed by atoms with Gasteiger partial charge in [-0.2, -0.15) is 0 Å². The highest BCUT2D eigenvalue weighted by Crippen LogP contribution is 2.43. The summed E-state index contributed by atoms with van der Waals surface area (Å²) in [5, 5.41) is 0.663. The van der Waals surface area contributed by atoms with Crippen LogP contribution in [0.5, 0.6) is 0 Å². The molecule has 2 aliphatic heterocycles. The van der Waals surface area contributed by atoms with Crippen LogP contribution in [-0.4, -0.2) is 54.5 Å². The third kappa shape index (κ3) is 3.55. The van der Waals surface area contributed by atoms with Gasteiger partial charge in [-0.1, -0.05) is 23.7 Å². The van der Waals surface area contributed by atoms with Gasteiger partial charge < -0.3 is 14.1 Å². The zero-order valence-electron chi connectivity index (χ0n) is 16.7. The molecule has 0 N–H and O–H groups in total. The molecule has 2 aliphatic rings. The number of hydrogen-bond donors (Lipinski definition) is 0. The van der Waals surface area contributed by atoms with E-state index in [4.69, 9.17) is 20.8 Å². The van der Waals surface area contributed by atoms with E-state index in [0.29, 0.717) is 11.6 Å². The molecule has 1 aromatic heterocycles. The largest absolute Gasteiger partial charge is 0.469 e. The molecule has 1 spiro atoms. The van der Waals surface area contributed by atoms with Crippen LogP contribution < -0.4 is 0 Å². The summed E-state index contributed by atoms with van der Waals surface area (Å²) in [7, 11) is 3.20. The molecule has 1 aromatic carbocycles. The van der Waals surface area contributed by atoms with E-state index in [9.17, 15) is 9.59 Å². The Morgan fingerprint density at radius 3 is 2.66 bits per heavy atom. The number of methoxy groups -OCH3 is 1. The normalized spacial score (nSPS) is 21.7. The second-order valence-electron chi connectivity index (χ2n) is 7.86. The van der Waals surface area contributed by atoms with E-state index < -0.39 is 5.54 Å². The number of rotatable bonds is 4. The van der Waals surface area contributed by atoms with Crippen LogP contribution in [0, 0.1) is 5.92 Å². The Balaban J connectivity index is 1.43. The zero-order chi connectivity index (χ0) is 20.6. The smallest absolute Gasteiger partial charge is 0.311 e. The SMILES string of the molecule is COC(=O)C1CC(=O)N(C)C12CCN(Cc1ccc(-c3ccccc3Cl)o1)CC2. The molecular weight excluding hydrogens is 392 g/mol. The fraction of sp³-hybridized carbons (Fsp3) is 0.455. The maximum absolute atomic E-state index is 12.3. The summed E-state index contributed by atoms with van der Waals surface area (Å²) < 4.78 is 11.0. The minimum atomic E-state index is -0.438. The highest BCUT2D eigenvalue weighted by atomic mass is 35.5. The summed E-state index contributed by atoms with van der Waals surface area (Å²) in [5.74, 6) is 0.973. The van der Waals surface area contributed by atoms with Crippen LogP contribution in [0.25, 0.3) is 11.3 Å². The first-order valence-corrected chi connectivity index (χ1v) is 10.2. The first kappa shape index (κ1) is 20.0. The van der Waals surface area contributed by atoms with Gasteiger partial charge in [-0.25, -0.2) is 0 Å². The molecule has 154 valence electrons. The number of piperidine rings is 1. The molecule has 0 radical (unpaired) electrons. The summed E-state index contributed by atoms with van der Waals surface area (Å²) >= 11 is 6.27. The average Bonchev–Trinajstić information content (AvgIpc) is 3.28. The molecule has 4 rings (SSSR count). The minimum absolute atomic E-state index is 0.0178. The minimum Gasteiger partial charge on any atom is -0.469 e. The monoisotopic (exact) mass is 416 g/mol. The summed E-state index contributed by atoms with van der Waals surface area (Å²) in [4.78, 5) is 28.6. The van der Waals surface area contributed by atoms with E-state index in [0.717, 1.165) is 43.0 Å². The number of nitrogens with zero attached hydrogens (tertiary/aromatic N) is 2. The lowest BCUT2D eigenvalue weighted by Crippen LogP contribution is -2.56. The maximum Gasteiger partial charge on any atom is 0.311 e. The van der Waals surface area contributed by atoms with Gasteiger partial charge in [0.05, 0.1) is 30.1 Å². The molecule has 1 atom stereocenters. The topological polar surface area (TPSA) is 63.0 Å². The molecule has 6 nitrogen and oxygen atoms in total. The molecule has 2 aromatic rings. The lowest BCUT2D eigenvalue weighted by atomic mass is 9.77. The lowest BCUT2D eigenvalue weighted by Gasteiger charge is -2.45. The Hall–Kier alpha value is -2.31. The van der Waals surface area contributed by atoms with Crippen molar-refractivity contribution in [2.24, 2.45) is 5.92 Å². The third-order valence-electron chi connectivity index (χ3n) is 6.46. The predicted octanol–water partition coefficient (Wildman–Crippen LogP) is 3.59. The van der Waals surface area contributed by atoms with Crippen LogP contribution in [0.3, 0.4) is 0 Å². The van der Waals surface area contributed by atoms with Gasteiger partial charge in [0.1, 0.15) is 11.5 Å². The molecule has 29 heavy (non-hydrogen) atoms. The van der Waals surface area contributed by atoms with Crippen molar-refractivity contribution in [1.29, 1.82) is 0 Å². The number of halogens is 1. The summed E-state index contributed by atoms with van der Waals surface area (Å²) in [6.07, 6.45) is 1.72. The Bertz CT molecular complexity index is 917. The maximum atomic E-state index is 12.3. The standard InChI is InChI=1S/C22H25ClN2O4/c1-24-20(26)13-17(21(27)28-2)22(24)9-11-25(12-10-22)14-15-7-8-19(29-15)16-5-3-4-6-18(16)23/h3-8,17H,9-14H2,1-2H3. The second-order valence-corrected chi connectivity index (χ2v) is 8.27. The van der Waals surface area contributed by atoms with E-state index in [1.807, 2.05) is 43.4 Å². The third-order valence-corrected chi connectivity index (χ3v) is 6.79. The van der Waals surface area contributed by atoms with Gasteiger partial charge in [0.15, 0.2) is 0 Å². The van der Waals surface area contributed by atoms with Gasteiger partial charge in [-0.15, -0.1) is 0 Å². The molecule has 3 heterocycles. The summed E-state index contributed by atoms with van der Waals surface area (Å²) in [5.41, 5.74) is 0.442. The van der Waals surface area contributed by atoms with E-state index in [1.165, 1.54) is 7.11 Å². The van der Waals surface area contributed by atoms with Crippen molar-refractivity contribution in [2.75, 3.05) is 27.2 Å². The predicted molar refractivity (Wildman–Crippen MR) is 109 cm³/mol. The summed E-state index contributed by atoms with van der Waals surface area (Å²) in [6.45, 7) is 2.25. The molecule has 2 fully saturated rings. The molecule has 0 saturated carbocycles. The van der Waals surface area contributed by atoms with Crippen LogP contribution in [0.1, 0.15) is 25.0 Å². The van der Waals surface area contributed by atoms with Crippen LogP contribution in [-0.2, 0) is 20.9 Å². The highest BCUT2D eigenvalue weighted by molar-refractivity contribution is 6.33. The van der Waals surface area contributed by atoms with E-state index in [2.05, 4.69) is 4.90 Å². The first-order chi connectivity index (χ1) is 13.9. The van der Waals surface area contributed by atoms with E-state index in [-0.39, 0.29) is 24.2 Å². The molecule has 0 aliphatic carbocycles. The number of esters is 1. The lowest BCUT2D eigenvalue weighted by molar-refractivity contribution is -0.150. The Morgan fingerprint density at radius 2 is 1.97 bits per heavy atom. The first-order valence-electron chi connectivity index (χ1n) is 9.85. The van der Waals surface area contributed by atoms with Crippen molar-refractivity contribution in [3.63, 3.8) is 0 Å². The number of amides is 1. The zero-order valence-corrected chi connectivity index (χ0v) is 17.4. The Morgan fingerprint density at radius 1 is 1.24 bits per heavy atom. The van der Waals surface area contributed by atoms with Crippen LogP contribution in [0.15, 0.2) is 40.8 Å². The number of carbonyl (C=O) groups is 2. The Labute approximate surface area is 175 Å². The fourth-order valence-corrected chi connectivity index (χ4v) is 4.93. The number of carbonyl (C=O) groups excluding carboxylic acids is 2. The van der Waals surface area contributed by atoms with Crippen molar-refractivity contribution in [1.82, 2.24) is 9.80 Å². The van der Waals surface area contributed by atoms with Gasteiger partial charge in [0.25, 0.3) is 0 Å². The molecule has 1 amide bonds. The van der Waals surface area contributed by atoms with Crippen molar-refractivity contribution in [3.05, 3.63) is 47.2 Å². The fourth-order valence-electron chi connectivity index (χ4n) is 4.70. The number of furan rings is 1. The average molecular weight is 417 g/mol. The molecule has 2 saturated heterocycles. The van der Waals surface area contributed by atoms with Gasteiger partial charge in [-0.05, 0) is 37.1 Å². The van der Waals surface area contributed by atoms with Crippen LogP contribution >= 0.6 is 11.6 Å². The van der Waals surface area contributed by atoms with Crippen molar-refractivity contribution < 1.29 is 18.7 Å². The number of likely N-dealkylation sites (tertiary alicyclic amines) is 2. The van der Waals surface area contributed by atoms with E-state index >= 15 is 0 Å². The van der Waals surface area contributed by atoms with Crippen molar-refractivity contribution in [3.8, 4) is 11.3 Å². The number of hydrogen-bond acceptors (Lipinski definition) is 5. The Kier molecular flexibility index (Phi) is 5.40. The molecule has 0 bridgehead atoms. The quantitative estimate of drug-likeness (QED) is 0.713. The van der Waals surface area contributed by atoms with Gasteiger partial charge in [-0.3, -0.25) is 14.5 Å². The number of ether oxygens (including phenoxy) is 1. The van der Waals surface area contributed by atoms with Crippen molar-refractivity contribution >= 4 is 23.5 Å². The van der Waals surface area contributed by atoms with Gasteiger partial charge in [0.2, 0.25) is 5.91 Å². The van der Waals surface area contributed by atoms with Gasteiger partial charge >= 0.3 is 5.97 Å². The number of benzene rings is 1. The van der Waals surface area contributed by atoms with Crippen molar-refractivity contribution in [2.45, 2.75) is 31.3 Å². The van der Waals surface area contributed by atoms with Crippen LogP contribution in [0.4, 0.5) is 0 Å². The summed E-state index contributed by atoms with van der Waals surface area (Å²) in [6, 6.07) is 11.5. The molecule has 7 heteroatoms. The van der Waals surface area contributed by atoms with Gasteiger partial charge in [0, 0.05) is 32.1 Å². The molecule has 1 unspecified atom stereocenters. The molecular formula is C22H25ClN2O4.